The Balaban J connectivity index is 0.00000261. The van der Waals surface area contributed by atoms with E-state index >= 15 is 0 Å². The Morgan fingerprint density at radius 3 is 2.48 bits per heavy atom. The predicted octanol–water partition coefficient (Wildman–Crippen LogP) is 1.41. The minimum Gasteiger partial charge on any atom is -0.341 e. The molecule has 0 saturated carbocycles. The van der Waals surface area contributed by atoms with Crippen molar-refractivity contribution >= 4 is 19.4 Å². The highest BCUT2D eigenvalue weighted by molar-refractivity contribution is 7.59. The van der Waals surface area contributed by atoms with Gasteiger partial charge in [0.25, 0.3) is 11.9 Å². The number of hydrogen-bond donors (Lipinski definition) is 1. The van der Waals surface area contributed by atoms with Gasteiger partial charge in [-0.1, -0.05) is 0 Å². The number of rotatable bonds is 4. The largest absolute Gasteiger partial charge is 0.433 e. The van der Waals surface area contributed by atoms with E-state index in [4.69, 9.17) is 0 Å². The third-order valence-corrected chi connectivity index (χ3v) is 3.45. The van der Waals surface area contributed by atoms with Gasteiger partial charge in [0, 0.05) is 25.5 Å². The Morgan fingerprint density at radius 2 is 1.89 bits per heavy atom. The number of hydrogen-bond acceptors (Lipinski definition) is 6. The van der Waals surface area contributed by atoms with Crippen LogP contribution in [0.5, 0.6) is 0 Å². The molecule has 1 N–H and O–H groups in total. The fourth-order valence-electron chi connectivity index (χ4n) is 2.28. The second kappa shape index (κ2) is 7.73. The van der Waals surface area contributed by atoms with E-state index in [9.17, 15) is 18.0 Å². The summed E-state index contributed by atoms with van der Waals surface area (Å²) in [6, 6.07) is 1.64. The summed E-state index contributed by atoms with van der Waals surface area (Å²) in [5.41, 5.74) is -1.37. The zero-order valence-corrected chi connectivity index (χ0v) is 15.1. The highest BCUT2D eigenvalue weighted by atomic mass is 32.1. The van der Waals surface area contributed by atoms with Crippen LogP contribution in [0.25, 0.3) is 5.95 Å². The Bertz CT molecular complexity index is 924. The molecule has 3 aromatic heterocycles. The molecule has 0 spiro atoms. The molecular weight excluding hydrogens is 385 g/mol. The lowest BCUT2D eigenvalue weighted by atomic mass is 10.2. The average Bonchev–Trinajstić information content (AvgIpc) is 3.21. The summed E-state index contributed by atoms with van der Waals surface area (Å²) < 4.78 is 40.4. The fourth-order valence-corrected chi connectivity index (χ4v) is 2.28. The Morgan fingerprint density at radius 1 is 1.22 bits per heavy atom. The van der Waals surface area contributed by atoms with E-state index in [0.717, 1.165) is 7.05 Å². The lowest BCUT2D eigenvalue weighted by Crippen LogP contribution is -2.29. The summed E-state index contributed by atoms with van der Waals surface area (Å²) in [6.07, 6.45) is -0.305. The molecule has 0 aliphatic heterocycles. The number of aromatic nitrogens is 7. The van der Waals surface area contributed by atoms with E-state index in [1.54, 1.807) is 13.0 Å². The van der Waals surface area contributed by atoms with E-state index in [0.29, 0.717) is 16.6 Å². The van der Waals surface area contributed by atoms with Gasteiger partial charge in [-0.25, -0.2) is 15.0 Å². The number of amides is 1. The molecular formula is C14H15F3N8OS. The molecule has 0 saturated heterocycles. The van der Waals surface area contributed by atoms with Crippen molar-refractivity contribution < 1.29 is 18.0 Å². The SMILES string of the molecule is C[C@@H](NC(=O)c1cc(C(F)(F)F)n(C)n1)c1ncnn1-c1ncccn1.S. The topological polar surface area (TPSA) is 103 Å². The van der Waals surface area contributed by atoms with Gasteiger partial charge in [0.15, 0.2) is 11.5 Å². The van der Waals surface area contributed by atoms with Crippen LogP contribution in [-0.2, 0) is 13.2 Å². The second-order valence-corrected chi connectivity index (χ2v) is 5.31. The summed E-state index contributed by atoms with van der Waals surface area (Å²) in [7, 11) is 1.12. The number of halogens is 3. The molecule has 0 fully saturated rings. The summed E-state index contributed by atoms with van der Waals surface area (Å²) in [4.78, 5) is 24.4. The van der Waals surface area contributed by atoms with Gasteiger partial charge >= 0.3 is 6.18 Å². The number of aryl methyl sites for hydroxylation is 1. The third kappa shape index (κ3) is 4.24. The molecule has 144 valence electrons. The molecule has 0 radical (unpaired) electrons. The first-order valence-corrected chi connectivity index (χ1v) is 7.37. The lowest BCUT2D eigenvalue weighted by molar-refractivity contribution is -0.143. The highest BCUT2D eigenvalue weighted by Crippen LogP contribution is 2.29. The first-order valence-electron chi connectivity index (χ1n) is 7.37. The number of alkyl halides is 3. The molecule has 0 bridgehead atoms. The number of nitrogens with one attached hydrogen (secondary N) is 1. The van der Waals surface area contributed by atoms with Crippen molar-refractivity contribution in [3.05, 3.63) is 48.1 Å². The van der Waals surface area contributed by atoms with E-state index in [2.05, 4.69) is 30.5 Å². The second-order valence-electron chi connectivity index (χ2n) is 5.31. The monoisotopic (exact) mass is 400 g/mol. The molecule has 13 heteroatoms. The van der Waals surface area contributed by atoms with Gasteiger partial charge in [0.05, 0.1) is 6.04 Å². The van der Waals surface area contributed by atoms with Crippen molar-refractivity contribution in [3.8, 4) is 5.95 Å². The van der Waals surface area contributed by atoms with Gasteiger partial charge in [-0.3, -0.25) is 9.48 Å². The number of carbonyl (C=O) groups excluding carboxylic acids is 1. The van der Waals surface area contributed by atoms with Crippen LogP contribution in [0.4, 0.5) is 13.2 Å². The molecule has 9 nitrogen and oxygen atoms in total. The van der Waals surface area contributed by atoms with Gasteiger partial charge in [-0.15, -0.1) is 0 Å². The predicted molar refractivity (Wildman–Crippen MR) is 91.4 cm³/mol. The van der Waals surface area contributed by atoms with E-state index in [-0.39, 0.29) is 25.1 Å². The fraction of sp³-hybridized carbons (Fsp3) is 0.286. The van der Waals surface area contributed by atoms with Crippen LogP contribution in [0.2, 0.25) is 0 Å². The first-order chi connectivity index (χ1) is 12.3. The first kappa shape index (κ1) is 20.4. The van der Waals surface area contributed by atoms with Crippen molar-refractivity contribution in [2.45, 2.75) is 19.1 Å². The van der Waals surface area contributed by atoms with Crippen molar-refractivity contribution in [2.75, 3.05) is 0 Å². The maximum atomic E-state index is 12.8. The van der Waals surface area contributed by atoms with Crippen LogP contribution in [0.15, 0.2) is 30.9 Å². The maximum Gasteiger partial charge on any atom is 0.433 e. The van der Waals surface area contributed by atoms with Crippen LogP contribution < -0.4 is 5.32 Å². The van der Waals surface area contributed by atoms with Gasteiger partial charge < -0.3 is 5.32 Å². The van der Waals surface area contributed by atoms with Crippen molar-refractivity contribution in [2.24, 2.45) is 7.05 Å². The van der Waals surface area contributed by atoms with Crippen LogP contribution in [0, 0.1) is 0 Å². The minimum atomic E-state index is -4.60. The zero-order valence-electron chi connectivity index (χ0n) is 14.1. The molecule has 0 aliphatic rings. The highest BCUT2D eigenvalue weighted by Gasteiger charge is 2.36. The molecule has 3 heterocycles. The van der Waals surface area contributed by atoms with Crippen molar-refractivity contribution in [3.63, 3.8) is 0 Å². The van der Waals surface area contributed by atoms with E-state index < -0.39 is 23.8 Å². The van der Waals surface area contributed by atoms with E-state index in [1.165, 1.54) is 23.4 Å². The van der Waals surface area contributed by atoms with Crippen LogP contribution in [0.3, 0.4) is 0 Å². The number of nitrogens with zero attached hydrogens (tertiary/aromatic N) is 7. The Hall–Kier alpha value is -2.96. The Labute approximate surface area is 158 Å². The summed E-state index contributed by atoms with van der Waals surface area (Å²) in [6.45, 7) is 1.61. The molecule has 0 unspecified atom stereocenters. The van der Waals surface area contributed by atoms with Crippen LogP contribution in [-0.4, -0.2) is 40.4 Å². The van der Waals surface area contributed by atoms with Gasteiger partial charge in [0.2, 0.25) is 0 Å². The van der Waals surface area contributed by atoms with Crippen molar-refractivity contribution in [1.29, 1.82) is 0 Å². The summed E-state index contributed by atoms with van der Waals surface area (Å²) in [5.74, 6) is -0.207. The summed E-state index contributed by atoms with van der Waals surface area (Å²) >= 11 is 0. The standard InChI is InChI=1S/C14H13F3N8O.H2S/c1-8(11-20-7-21-25(11)13-18-4-3-5-19-13)22-12(26)9-6-10(14(15,16)17)24(2)23-9;/h3-8H,1-2H3,(H,22,26);1H2/t8-;/m1./s1. The molecule has 0 aliphatic carbocycles. The molecule has 1 amide bonds. The molecule has 1 atom stereocenters. The smallest absolute Gasteiger partial charge is 0.341 e. The normalized spacial score (nSPS) is 12.3. The van der Waals surface area contributed by atoms with Gasteiger partial charge in [-0.2, -0.15) is 41.5 Å². The third-order valence-electron chi connectivity index (χ3n) is 3.45. The molecule has 3 aromatic rings. The van der Waals surface area contributed by atoms with Gasteiger partial charge in [-0.05, 0) is 13.0 Å². The van der Waals surface area contributed by atoms with Crippen molar-refractivity contribution in [1.82, 2.24) is 39.8 Å². The zero-order chi connectivity index (χ0) is 18.9. The summed E-state index contributed by atoms with van der Waals surface area (Å²) in [5, 5.41) is 10.1. The van der Waals surface area contributed by atoms with Gasteiger partial charge in [0.1, 0.15) is 12.0 Å². The van der Waals surface area contributed by atoms with Crippen LogP contribution >= 0.6 is 13.5 Å². The minimum absolute atomic E-state index is 0. The molecule has 0 aromatic carbocycles. The lowest BCUT2D eigenvalue weighted by Gasteiger charge is -2.12. The average molecular weight is 400 g/mol. The number of carbonyl (C=O) groups is 1. The van der Waals surface area contributed by atoms with Crippen LogP contribution in [0.1, 0.15) is 35.0 Å². The molecule has 3 rings (SSSR count). The molecule has 27 heavy (non-hydrogen) atoms. The quantitative estimate of drug-likeness (QED) is 0.710. The van der Waals surface area contributed by atoms with E-state index in [1.807, 2.05) is 0 Å². The maximum absolute atomic E-state index is 12.8. The Kier molecular flexibility index (Phi) is 5.83.